The number of carbonyl (C=O) groups is 1. The van der Waals surface area contributed by atoms with Gasteiger partial charge in [-0.1, -0.05) is 6.07 Å². The van der Waals surface area contributed by atoms with E-state index in [2.05, 4.69) is 4.98 Å². The molecule has 5 nitrogen and oxygen atoms in total. The van der Waals surface area contributed by atoms with Crippen LogP contribution in [0.25, 0.3) is 6.08 Å². The van der Waals surface area contributed by atoms with Gasteiger partial charge in [-0.25, -0.2) is 4.98 Å². The van der Waals surface area contributed by atoms with E-state index < -0.39 is 0 Å². The molecule has 2 heterocycles. The highest BCUT2D eigenvalue weighted by atomic mass is 16.7. The number of allylic oxidation sites excluding steroid dienone is 1. The number of fused-ring (bicyclic) bond motifs is 1. The van der Waals surface area contributed by atoms with Crippen molar-refractivity contribution in [1.82, 2.24) is 9.55 Å². The summed E-state index contributed by atoms with van der Waals surface area (Å²) in [4.78, 5) is 15.5. The van der Waals surface area contributed by atoms with Gasteiger partial charge in [-0.15, -0.1) is 0 Å². The number of hydrogen-bond acceptors (Lipinski definition) is 4. The summed E-state index contributed by atoms with van der Waals surface area (Å²) in [6.45, 7) is 0.246. The maximum Gasteiger partial charge on any atom is 0.255 e. The smallest absolute Gasteiger partial charge is 0.255 e. The van der Waals surface area contributed by atoms with Crippen molar-refractivity contribution < 1.29 is 14.3 Å². The Labute approximate surface area is 103 Å². The molecule has 90 valence electrons. The Bertz CT molecular complexity index is 603. The van der Waals surface area contributed by atoms with Crippen LogP contribution in [-0.4, -0.2) is 22.3 Å². The van der Waals surface area contributed by atoms with Crippen LogP contribution in [0, 0.1) is 0 Å². The van der Waals surface area contributed by atoms with Crippen molar-refractivity contribution in [2.24, 2.45) is 0 Å². The largest absolute Gasteiger partial charge is 0.454 e. The molecule has 0 atom stereocenters. The molecule has 1 aliphatic heterocycles. The Morgan fingerprint density at radius 2 is 2.22 bits per heavy atom. The molecule has 3 rings (SSSR count). The van der Waals surface area contributed by atoms with Gasteiger partial charge >= 0.3 is 0 Å². The van der Waals surface area contributed by atoms with Gasteiger partial charge in [0.15, 0.2) is 11.5 Å². The molecular formula is C13H10N2O3. The van der Waals surface area contributed by atoms with Crippen LogP contribution in [0.5, 0.6) is 11.5 Å². The van der Waals surface area contributed by atoms with Crippen molar-refractivity contribution >= 4 is 12.0 Å². The van der Waals surface area contributed by atoms with E-state index in [-0.39, 0.29) is 12.7 Å². The molecule has 0 saturated heterocycles. The highest BCUT2D eigenvalue weighted by molar-refractivity contribution is 5.93. The molecular weight excluding hydrogens is 232 g/mol. The van der Waals surface area contributed by atoms with E-state index in [1.165, 1.54) is 17.0 Å². The Morgan fingerprint density at radius 3 is 3.06 bits per heavy atom. The van der Waals surface area contributed by atoms with Gasteiger partial charge in [0.05, 0.1) is 0 Å². The summed E-state index contributed by atoms with van der Waals surface area (Å²) in [6.07, 6.45) is 7.84. The maximum absolute atomic E-state index is 11.7. The molecule has 2 aromatic rings. The molecule has 5 heteroatoms. The second kappa shape index (κ2) is 4.37. The lowest BCUT2D eigenvalue weighted by molar-refractivity contribution is 0.0969. The Morgan fingerprint density at radius 1 is 1.33 bits per heavy atom. The zero-order valence-electron chi connectivity index (χ0n) is 9.45. The van der Waals surface area contributed by atoms with Crippen LogP contribution < -0.4 is 9.47 Å². The molecule has 0 bridgehead atoms. The van der Waals surface area contributed by atoms with Gasteiger partial charge in [-0.2, -0.15) is 0 Å². The third kappa shape index (κ3) is 1.98. The fourth-order valence-electron chi connectivity index (χ4n) is 1.66. The van der Waals surface area contributed by atoms with Crippen LogP contribution in [0.1, 0.15) is 10.4 Å². The quantitative estimate of drug-likeness (QED) is 0.755. The fraction of sp³-hybridized carbons (Fsp3) is 0.0769. The van der Waals surface area contributed by atoms with Gasteiger partial charge in [0.1, 0.15) is 6.33 Å². The van der Waals surface area contributed by atoms with Gasteiger partial charge in [0.2, 0.25) is 6.79 Å². The Kier molecular flexibility index (Phi) is 2.57. The molecule has 1 aromatic heterocycles. The standard InChI is InChI=1S/C13H10N2O3/c16-13(15-6-5-14-8-15)4-2-10-1-3-11-12(7-10)18-9-17-11/h1-8H,9H2. The monoisotopic (exact) mass is 242 g/mol. The lowest BCUT2D eigenvalue weighted by Crippen LogP contribution is -2.03. The second-order valence-electron chi connectivity index (χ2n) is 3.75. The molecule has 0 amide bonds. The molecule has 0 spiro atoms. The summed E-state index contributed by atoms with van der Waals surface area (Å²) in [5.74, 6) is 1.28. The first-order chi connectivity index (χ1) is 8.83. The highest BCUT2D eigenvalue weighted by Gasteiger charge is 2.12. The van der Waals surface area contributed by atoms with Gasteiger partial charge in [0.25, 0.3) is 5.91 Å². The first-order valence-corrected chi connectivity index (χ1v) is 5.43. The molecule has 18 heavy (non-hydrogen) atoms. The third-order valence-electron chi connectivity index (χ3n) is 2.57. The number of ether oxygens (including phenoxy) is 2. The lowest BCUT2D eigenvalue weighted by Gasteiger charge is -1.98. The van der Waals surface area contributed by atoms with Crippen LogP contribution in [0.2, 0.25) is 0 Å². The number of benzene rings is 1. The highest BCUT2D eigenvalue weighted by Crippen LogP contribution is 2.32. The van der Waals surface area contributed by atoms with Crippen molar-refractivity contribution in [3.05, 3.63) is 48.6 Å². The number of imidazole rings is 1. The van der Waals surface area contributed by atoms with Crippen molar-refractivity contribution in [1.29, 1.82) is 0 Å². The summed E-state index contributed by atoms with van der Waals surface area (Å²) in [6, 6.07) is 5.52. The zero-order valence-corrected chi connectivity index (χ0v) is 9.45. The summed E-state index contributed by atoms with van der Waals surface area (Å²) in [7, 11) is 0. The third-order valence-corrected chi connectivity index (χ3v) is 2.57. The van der Waals surface area contributed by atoms with Crippen molar-refractivity contribution in [3.63, 3.8) is 0 Å². The lowest BCUT2D eigenvalue weighted by atomic mass is 10.2. The summed E-state index contributed by atoms with van der Waals surface area (Å²) < 4.78 is 11.9. The zero-order chi connectivity index (χ0) is 12.4. The minimum absolute atomic E-state index is 0.148. The van der Waals surface area contributed by atoms with E-state index in [1.54, 1.807) is 18.5 Å². The van der Waals surface area contributed by atoms with E-state index in [9.17, 15) is 4.79 Å². The number of hydrogen-bond donors (Lipinski definition) is 0. The average Bonchev–Trinajstić information content (AvgIpc) is 3.05. The normalized spacial score (nSPS) is 13.1. The van der Waals surface area contributed by atoms with Crippen molar-refractivity contribution in [2.45, 2.75) is 0 Å². The molecule has 0 saturated carbocycles. The predicted molar refractivity (Wildman–Crippen MR) is 64.5 cm³/mol. The van der Waals surface area contributed by atoms with E-state index in [0.29, 0.717) is 5.75 Å². The van der Waals surface area contributed by atoms with Crippen LogP contribution >= 0.6 is 0 Å². The number of carbonyl (C=O) groups excluding carboxylic acids is 1. The molecule has 0 N–H and O–H groups in total. The number of aromatic nitrogens is 2. The average molecular weight is 242 g/mol. The molecule has 1 aromatic carbocycles. The van der Waals surface area contributed by atoms with Gasteiger partial charge in [-0.05, 0) is 23.8 Å². The molecule has 0 unspecified atom stereocenters. The summed E-state index contributed by atoms with van der Waals surface area (Å²) in [5, 5.41) is 0. The topological polar surface area (TPSA) is 53.4 Å². The van der Waals surface area contributed by atoms with Crippen LogP contribution in [0.15, 0.2) is 43.0 Å². The minimum Gasteiger partial charge on any atom is -0.454 e. The molecule has 0 aliphatic carbocycles. The summed E-state index contributed by atoms with van der Waals surface area (Å²) >= 11 is 0. The SMILES string of the molecule is O=C(C=Cc1ccc2c(c1)OCO2)n1ccnc1. The second-order valence-corrected chi connectivity index (χ2v) is 3.75. The predicted octanol–water partition coefficient (Wildman–Crippen LogP) is 1.97. The fourth-order valence-corrected chi connectivity index (χ4v) is 1.66. The first kappa shape index (κ1) is 10.6. The van der Waals surface area contributed by atoms with Crippen LogP contribution in [-0.2, 0) is 0 Å². The number of nitrogens with zero attached hydrogens (tertiary/aromatic N) is 2. The summed E-state index contributed by atoms with van der Waals surface area (Å²) in [5.41, 5.74) is 0.882. The van der Waals surface area contributed by atoms with E-state index >= 15 is 0 Å². The molecule has 0 fully saturated rings. The van der Waals surface area contributed by atoms with E-state index in [1.807, 2.05) is 18.2 Å². The van der Waals surface area contributed by atoms with Crippen molar-refractivity contribution in [2.75, 3.05) is 6.79 Å². The first-order valence-electron chi connectivity index (χ1n) is 5.43. The Balaban J connectivity index is 1.78. The minimum atomic E-state index is -0.148. The van der Waals surface area contributed by atoms with Crippen LogP contribution in [0.4, 0.5) is 0 Å². The van der Waals surface area contributed by atoms with Gasteiger partial charge in [0, 0.05) is 18.5 Å². The van der Waals surface area contributed by atoms with E-state index in [4.69, 9.17) is 9.47 Å². The van der Waals surface area contributed by atoms with Crippen LogP contribution in [0.3, 0.4) is 0 Å². The van der Waals surface area contributed by atoms with E-state index in [0.717, 1.165) is 11.3 Å². The molecule has 1 aliphatic rings. The number of rotatable bonds is 2. The van der Waals surface area contributed by atoms with Gasteiger partial charge in [-0.3, -0.25) is 9.36 Å². The van der Waals surface area contributed by atoms with Gasteiger partial charge < -0.3 is 9.47 Å². The molecule has 0 radical (unpaired) electrons. The Hall–Kier alpha value is -2.56. The van der Waals surface area contributed by atoms with Crippen molar-refractivity contribution in [3.8, 4) is 11.5 Å². The maximum atomic E-state index is 11.7.